The molecule has 0 radical (unpaired) electrons. The highest BCUT2D eigenvalue weighted by Gasteiger charge is 2.01. The van der Waals surface area contributed by atoms with Crippen molar-refractivity contribution in [3.8, 4) is 0 Å². The van der Waals surface area contributed by atoms with Crippen molar-refractivity contribution in [2.75, 3.05) is 0 Å². The van der Waals surface area contributed by atoms with Crippen molar-refractivity contribution >= 4 is 21.8 Å². The average Bonchev–Trinajstić information content (AvgIpc) is 2.40. The second-order valence-electron chi connectivity index (χ2n) is 4.92. The minimum atomic E-state index is 0.162. The molecule has 2 nitrogen and oxygen atoms in total. The average molecular weight is 326 g/mol. The maximum absolute atomic E-state index is 11.7. The molecule has 0 fully saturated rings. The highest BCUT2D eigenvalue weighted by Crippen LogP contribution is 2.11. The zero-order chi connectivity index (χ0) is 13.9. The van der Waals surface area contributed by atoms with E-state index in [-0.39, 0.29) is 5.91 Å². The van der Waals surface area contributed by atoms with Crippen LogP contribution in [0, 0.1) is 0 Å². The lowest BCUT2D eigenvalue weighted by molar-refractivity contribution is -0.121. The normalized spacial score (nSPS) is 10.4. The lowest BCUT2D eigenvalue weighted by atomic mass is 10.1. The molecule has 1 N–H and O–H groups in total. The Morgan fingerprint density at radius 1 is 1.16 bits per heavy atom. The first kappa shape index (κ1) is 16.2. The fourth-order valence-electron chi connectivity index (χ4n) is 2.00. The second-order valence-corrected chi connectivity index (χ2v) is 5.84. The standard InChI is InChI=1S/C16H24BrNO/c1-2-3-4-5-6-7-11-16(19)18-13-14-9-8-10-15(17)12-14/h8-10,12H,2-7,11,13H2,1H3,(H,18,19). The van der Waals surface area contributed by atoms with Gasteiger partial charge in [-0.2, -0.15) is 0 Å². The molecule has 0 aliphatic rings. The number of benzene rings is 1. The van der Waals surface area contributed by atoms with Crippen LogP contribution in [0.25, 0.3) is 0 Å². The molecule has 1 amide bonds. The molecule has 0 saturated heterocycles. The quantitative estimate of drug-likeness (QED) is 0.648. The Morgan fingerprint density at radius 3 is 2.63 bits per heavy atom. The third kappa shape index (κ3) is 8.04. The second kappa shape index (κ2) is 10.0. The van der Waals surface area contributed by atoms with E-state index in [0.29, 0.717) is 13.0 Å². The van der Waals surface area contributed by atoms with Crippen molar-refractivity contribution in [3.63, 3.8) is 0 Å². The maximum Gasteiger partial charge on any atom is 0.220 e. The van der Waals surface area contributed by atoms with E-state index in [9.17, 15) is 4.79 Å². The zero-order valence-corrected chi connectivity index (χ0v) is 13.3. The third-order valence-electron chi connectivity index (χ3n) is 3.14. The molecule has 0 spiro atoms. The lowest BCUT2D eigenvalue weighted by Gasteiger charge is -2.06. The van der Waals surface area contributed by atoms with Gasteiger partial charge in [-0.3, -0.25) is 4.79 Å². The van der Waals surface area contributed by atoms with E-state index in [1.165, 1.54) is 32.1 Å². The van der Waals surface area contributed by atoms with Crippen molar-refractivity contribution < 1.29 is 4.79 Å². The molecule has 0 aromatic heterocycles. The van der Waals surface area contributed by atoms with Gasteiger partial charge in [-0.05, 0) is 24.1 Å². The molecule has 0 bridgehead atoms. The smallest absolute Gasteiger partial charge is 0.220 e. The van der Waals surface area contributed by atoms with Gasteiger partial charge in [-0.15, -0.1) is 0 Å². The Labute approximate surface area is 125 Å². The number of carbonyl (C=O) groups excluding carboxylic acids is 1. The molecule has 0 aliphatic heterocycles. The van der Waals surface area contributed by atoms with E-state index in [4.69, 9.17) is 0 Å². The third-order valence-corrected chi connectivity index (χ3v) is 3.63. The van der Waals surface area contributed by atoms with Gasteiger partial charge in [-0.1, -0.05) is 67.1 Å². The molecule has 0 heterocycles. The first-order valence-corrected chi connectivity index (χ1v) is 8.03. The SMILES string of the molecule is CCCCCCCCC(=O)NCc1cccc(Br)c1. The fourth-order valence-corrected chi connectivity index (χ4v) is 2.45. The predicted octanol–water partition coefficient (Wildman–Crippen LogP) is 4.82. The van der Waals surface area contributed by atoms with E-state index in [1.54, 1.807) is 0 Å². The summed E-state index contributed by atoms with van der Waals surface area (Å²) >= 11 is 3.43. The molecule has 106 valence electrons. The van der Waals surface area contributed by atoms with Crippen molar-refractivity contribution in [1.82, 2.24) is 5.32 Å². The Balaban J connectivity index is 2.08. The van der Waals surface area contributed by atoms with E-state index < -0.39 is 0 Å². The maximum atomic E-state index is 11.7. The van der Waals surface area contributed by atoms with Gasteiger partial charge in [-0.25, -0.2) is 0 Å². The summed E-state index contributed by atoms with van der Waals surface area (Å²) in [6.45, 7) is 2.84. The molecular weight excluding hydrogens is 302 g/mol. The van der Waals surface area contributed by atoms with Crippen molar-refractivity contribution in [2.24, 2.45) is 0 Å². The van der Waals surface area contributed by atoms with E-state index in [2.05, 4.69) is 28.2 Å². The number of unbranched alkanes of at least 4 members (excludes halogenated alkanes) is 5. The van der Waals surface area contributed by atoms with Crippen LogP contribution in [0.4, 0.5) is 0 Å². The minimum Gasteiger partial charge on any atom is -0.352 e. The molecule has 0 aliphatic carbocycles. The lowest BCUT2D eigenvalue weighted by Crippen LogP contribution is -2.22. The Hall–Kier alpha value is -0.830. The molecule has 1 aromatic rings. The van der Waals surface area contributed by atoms with Crippen LogP contribution in [0.5, 0.6) is 0 Å². The van der Waals surface area contributed by atoms with E-state index in [1.807, 2.05) is 24.3 Å². The number of hydrogen-bond donors (Lipinski definition) is 1. The van der Waals surface area contributed by atoms with Crippen LogP contribution in [0.3, 0.4) is 0 Å². The van der Waals surface area contributed by atoms with E-state index in [0.717, 1.165) is 16.5 Å². The van der Waals surface area contributed by atoms with Crippen molar-refractivity contribution in [1.29, 1.82) is 0 Å². The fraction of sp³-hybridized carbons (Fsp3) is 0.562. The summed E-state index contributed by atoms with van der Waals surface area (Å²) < 4.78 is 1.05. The largest absolute Gasteiger partial charge is 0.352 e. The summed E-state index contributed by atoms with van der Waals surface area (Å²) in [7, 11) is 0. The van der Waals surface area contributed by atoms with Gasteiger partial charge in [0, 0.05) is 17.4 Å². The van der Waals surface area contributed by atoms with Crippen LogP contribution in [0.15, 0.2) is 28.7 Å². The number of hydrogen-bond acceptors (Lipinski definition) is 1. The Morgan fingerprint density at radius 2 is 1.89 bits per heavy atom. The summed E-state index contributed by atoms with van der Waals surface area (Å²) in [4.78, 5) is 11.7. The number of nitrogens with one attached hydrogen (secondary N) is 1. The number of rotatable bonds is 9. The highest BCUT2D eigenvalue weighted by atomic mass is 79.9. The van der Waals surface area contributed by atoms with Gasteiger partial charge in [0.1, 0.15) is 0 Å². The molecule has 1 rings (SSSR count). The van der Waals surface area contributed by atoms with Crippen molar-refractivity contribution in [3.05, 3.63) is 34.3 Å². The molecular formula is C16H24BrNO. The summed E-state index contributed by atoms with van der Waals surface area (Å²) in [5.74, 6) is 0.162. The molecule has 1 aromatic carbocycles. The highest BCUT2D eigenvalue weighted by molar-refractivity contribution is 9.10. The van der Waals surface area contributed by atoms with E-state index >= 15 is 0 Å². The first-order chi connectivity index (χ1) is 9.22. The summed E-state index contributed by atoms with van der Waals surface area (Å²) in [5, 5.41) is 2.97. The summed E-state index contributed by atoms with van der Waals surface area (Å²) in [5.41, 5.74) is 1.13. The molecule has 0 unspecified atom stereocenters. The zero-order valence-electron chi connectivity index (χ0n) is 11.8. The van der Waals surface area contributed by atoms with Gasteiger partial charge >= 0.3 is 0 Å². The number of halogens is 1. The Bertz CT molecular complexity index is 379. The number of carbonyl (C=O) groups is 1. The minimum absolute atomic E-state index is 0.162. The first-order valence-electron chi connectivity index (χ1n) is 7.23. The van der Waals surface area contributed by atoms with Gasteiger partial charge in [0.15, 0.2) is 0 Å². The van der Waals surface area contributed by atoms with Crippen molar-refractivity contribution in [2.45, 2.75) is 58.4 Å². The Kier molecular flexibility index (Phi) is 8.55. The van der Waals surface area contributed by atoms with Crippen LogP contribution in [-0.4, -0.2) is 5.91 Å². The van der Waals surface area contributed by atoms with Gasteiger partial charge in [0.05, 0.1) is 0 Å². The molecule has 0 atom stereocenters. The van der Waals surface area contributed by atoms with Crippen LogP contribution in [0.2, 0.25) is 0 Å². The summed E-state index contributed by atoms with van der Waals surface area (Å²) in [6, 6.07) is 8.03. The predicted molar refractivity (Wildman–Crippen MR) is 84.0 cm³/mol. The van der Waals surface area contributed by atoms with Crippen LogP contribution in [-0.2, 0) is 11.3 Å². The van der Waals surface area contributed by atoms with Gasteiger partial charge < -0.3 is 5.32 Å². The monoisotopic (exact) mass is 325 g/mol. The topological polar surface area (TPSA) is 29.1 Å². The molecule has 3 heteroatoms. The molecule has 0 saturated carbocycles. The number of amides is 1. The molecule has 19 heavy (non-hydrogen) atoms. The van der Waals surface area contributed by atoms with Crippen LogP contribution < -0.4 is 5.32 Å². The van der Waals surface area contributed by atoms with Crippen LogP contribution >= 0.6 is 15.9 Å². The van der Waals surface area contributed by atoms with Crippen LogP contribution in [0.1, 0.15) is 57.4 Å². The van der Waals surface area contributed by atoms with Gasteiger partial charge in [0.25, 0.3) is 0 Å². The summed E-state index contributed by atoms with van der Waals surface area (Å²) in [6.07, 6.45) is 7.98. The van der Waals surface area contributed by atoms with Gasteiger partial charge in [0.2, 0.25) is 5.91 Å².